The van der Waals surface area contributed by atoms with Gasteiger partial charge in [0.25, 0.3) is 0 Å². The van der Waals surface area contributed by atoms with Crippen LogP contribution in [0.2, 0.25) is 0 Å². The molecule has 0 radical (unpaired) electrons. The number of aromatic nitrogens is 2. The molecule has 0 bridgehead atoms. The largest absolute Gasteiger partial charge is 0.361 e. The molecular weight excluding hydrogens is 336 g/mol. The Bertz CT molecular complexity index is 1050. The standard InChI is InChI=1S/C18H16N4S2/c1-2-19-18-22(16(12-24-18)17-8-5-9-23-17)21-11-13-10-20-15-7-4-3-6-14(13)15/h3-12,20H,2H2,1H3/b19-18?,21-11+. The molecule has 0 spiro atoms. The smallest absolute Gasteiger partial charge is 0.206 e. The van der Waals surface area contributed by atoms with Crippen LogP contribution in [0.1, 0.15) is 12.5 Å². The Kier molecular flexibility index (Phi) is 4.15. The summed E-state index contributed by atoms with van der Waals surface area (Å²) in [5, 5.41) is 10.1. The average Bonchev–Trinajstić information content (AvgIpc) is 3.33. The van der Waals surface area contributed by atoms with E-state index in [2.05, 4.69) is 45.0 Å². The molecule has 24 heavy (non-hydrogen) atoms. The van der Waals surface area contributed by atoms with Gasteiger partial charge in [-0.3, -0.25) is 4.99 Å². The van der Waals surface area contributed by atoms with Gasteiger partial charge in [-0.15, -0.1) is 22.7 Å². The lowest BCUT2D eigenvalue weighted by Gasteiger charge is -2.00. The van der Waals surface area contributed by atoms with Gasteiger partial charge in [-0.1, -0.05) is 24.3 Å². The summed E-state index contributed by atoms with van der Waals surface area (Å²) >= 11 is 3.33. The highest BCUT2D eigenvalue weighted by Crippen LogP contribution is 2.25. The maximum atomic E-state index is 4.73. The van der Waals surface area contributed by atoms with Gasteiger partial charge in [-0.25, -0.2) is 4.68 Å². The van der Waals surface area contributed by atoms with Crippen molar-refractivity contribution in [3.05, 3.63) is 63.7 Å². The van der Waals surface area contributed by atoms with Crippen molar-refractivity contribution in [3.63, 3.8) is 0 Å². The first kappa shape index (κ1) is 15.1. The molecule has 0 saturated heterocycles. The molecule has 0 aliphatic carbocycles. The molecule has 0 atom stereocenters. The first-order valence-electron chi connectivity index (χ1n) is 7.72. The molecule has 0 aliphatic rings. The summed E-state index contributed by atoms with van der Waals surface area (Å²) in [4.78, 5) is 9.95. The van der Waals surface area contributed by atoms with Crippen LogP contribution in [0.25, 0.3) is 21.5 Å². The number of thiophene rings is 1. The second-order valence-electron chi connectivity index (χ2n) is 5.20. The predicted molar refractivity (Wildman–Crippen MR) is 103 cm³/mol. The Morgan fingerprint density at radius 1 is 1.17 bits per heavy atom. The van der Waals surface area contributed by atoms with Crippen molar-refractivity contribution in [2.45, 2.75) is 6.92 Å². The fourth-order valence-electron chi connectivity index (χ4n) is 2.57. The van der Waals surface area contributed by atoms with E-state index in [1.165, 1.54) is 10.3 Å². The molecule has 0 amide bonds. The van der Waals surface area contributed by atoms with E-state index in [0.29, 0.717) is 0 Å². The third-order valence-electron chi connectivity index (χ3n) is 3.69. The highest BCUT2D eigenvalue weighted by atomic mass is 32.1. The van der Waals surface area contributed by atoms with Gasteiger partial charge in [-0.2, -0.15) is 5.10 Å². The molecule has 4 aromatic rings. The summed E-state index contributed by atoms with van der Waals surface area (Å²) < 4.78 is 1.93. The molecule has 1 N–H and O–H groups in total. The molecule has 4 nitrogen and oxygen atoms in total. The van der Waals surface area contributed by atoms with Gasteiger partial charge in [0.05, 0.1) is 16.8 Å². The van der Waals surface area contributed by atoms with Crippen LogP contribution in [-0.2, 0) is 0 Å². The maximum Gasteiger partial charge on any atom is 0.206 e. The number of hydrogen-bond acceptors (Lipinski definition) is 4. The second-order valence-corrected chi connectivity index (χ2v) is 6.99. The van der Waals surface area contributed by atoms with E-state index in [0.717, 1.165) is 28.1 Å². The summed E-state index contributed by atoms with van der Waals surface area (Å²) in [6.07, 6.45) is 3.89. The van der Waals surface area contributed by atoms with Crippen LogP contribution in [0.5, 0.6) is 0 Å². The molecule has 3 heterocycles. The van der Waals surface area contributed by atoms with Crippen molar-refractivity contribution in [2.24, 2.45) is 10.1 Å². The van der Waals surface area contributed by atoms with E-state index in [9.17, 15) is 0 Å². The van der Waals surface area contributed by atoms with Crippen LogP contribution < -0.4 is 4.80 Å². The van der Waals surface area contributed by atoms with E-state index in [1.807, 2.05) is 36.1 Å². The SMILES string of the molecule is CCN=c1scc(-c2cccs2)n1/N=C/c1c[nH]c2ccccc12. The molecular formula is C18H16N4S2. The van der Waals surface area contributed by atoms with Crippen LogP contribution >= 0.6 is 22.7 Å². The summed E-state index contributed by atoms with van der Waals surface area (Å²) in [7, 11) is 0. The molecule has 0 fully saturated rings. The molecule has 4 rings (SSSR count). The number of nitrogens with one attached hydrogen (secondary N) is 1. The number of nitrogens with zero attached hydrogens (tertiary/aromatic N) is 3. The Morgan fingerprint density at radius 3 is 2.92 bits per heavy atom. The monoisotopic (exact) mass is 352 g/mol. The van der Waals surface area contributed by atoms with E-state index < -0.39 is 0 Å². The Balaban J connectivity index is 1.81. The maximum absolute atomic E-state index is 4.73. The number of para-hydroxylation sites is 1. The van der Waals surface area contributed by atoms with Crippen LogP contribution in [-0.4, -0.2) is 22.4 Å². The highest BCUT2D eigenvalue weighted by Gasteiger charge is 2.08. The van der Waals surface area contributed by atoms with E-state index in [-0.39, 0.29) is 0 Å². The van der Waals surface area contributed by atoms with Crippen molar-refractivity contribution in [3.8, 4) is 10.6 Å². The molecule has 0 unspecified atom stereocenters. The van der Waals surface area contributed by atoms with Gasteiger partial charge in [0.15, 0.2) is 0 Å². The van der Waals surface area contributed by atoms with E-state index >= 15 is 0 Å². The third kappa shape index (κ3) is 2.74. The summed E-state index contributed by atoms with van der Waals surface area (Å²) in [6, 6.07) is 12.4. The summed E-state index contributed by atoms with van der Waals surface area (Å²) in [6.45, 7) is 2.78. The van der Waals surface area contributed by atoms with E-state index in [1.54, 1.807) is 22.7 Å². The van der Waals surface area contributed by atoms with Gasteiger partial charge in [0, 0.05) is 34.6 Å². The minimum atomic E-state index is 0.743. The molecule has 3 aromatic heterocycles. The quantitative estimate of drug-likeness (QED) is 0.523. The lowest BCUT2D eigenvalue weighted by atomic mass is 10.2. The van der Waals surface area contributed by atoms with Crippen LogP contribution in [0, 0.1) is 0 Å². The number of fused-ring (bicyclic) bond motifs is 1. The van der Waals surface area contributed by atoms with Crippen molar-refractivity contribution in [1.29, 1.82) is 0 Å². The van der Waals surface area contributed by atoms with E-state index in [4.69, 9.17) is 5.10 Å². The zero-order valence-corrected chi connectivity index (χ0v) is 14.8. The molecule has 6 heteroatoms. The number of H-pyrrole nitrogens is 1. The number of aromatic amines is 1. The zero-order valence-electron chi connectivity index (χ0n) is 13.1. The van der Waals surface area contributed by atoms with Crippen molar-refractivity contribution in [2.75, 3.05) is 6.54 Å². The third-order valence-corrected chi connectivity index (χ3v) is 5.43. The number of hydrogen-bond donors (Lipinski definition) is 1. The molecule has 120 valence electrons. The minimum absolute atomic E-state index is 0.743. The van der Waals surface area contributed by atoms with Crippen molar-refractivity contribution >= 4 is 39.8 Å². The number of thiazole rings is 1. The van der Waals surface area contributed by atoms with Crippen LogP contribution in [0.3, 0.4) is 0 Å². The normalized spacial score (nSPS) is 12.6. The van der Waals surface area contributed by atoms with Gasteiger partial charge >= 0.3 is 0 Å². The number of benzene rings is 1. The van der Waals surface area contributed by atoms with Gasteiger partial charge in [-0.05, 0) is 24.4 Å². The van der Waals surface area contributed by atoms with Gasteiger partial charge in [0.1, 0.15) is 0 Å². The van der Waals surface area contributed by atoms with Gasteiger partial charge in [0.2, 0.25) is 4.80 Å². The Labute approximate surface area is 147 Å². The fourth-order valence-corrected chi connectivity index (χ4v) is 4.26. The second kappa shape index (κ2) is 6.59. The predicted octanol–water partition coefficient (Wildman–Crippen LogP) is 4.56. The lowest BCUT2D eigenvalue weighted by molar-refractivity contribution is 0.835. The minimum Gasteiger partial charge on any atom is -0.361 e. The van der Waals surface area contributed by atoms with Gasteiger partial charge < -0.3 is 4.98 Å². The molecule has 0 saturated carbocycles. The Morgan fingerprint density at radius 2 is 2.08 bits per heavy atom. The summed E-state index contributed by atoms with van der Waals surface area (Å²) in [5.74, 6) is 0. The molecule has 1 aromatic carbocycles. The first-order valence-corrected chi connectivity index (χ1v) is 9.48. The highest BCUT2D eigenvalue weighted by molar-refractivity contribution is 7.14. The fraction of sp³-hybridized carbons (Fsp3) is 0.111. The van der Waals surface area contributed by atoms with Crippen molar-refractivity contribution in [1.82, 2.24) is 9.66 Å². The first-order chi connectivity index (χ1) is 11.9. The summed E-state index contributed by atoms with van der Waals surface area (Å²) in [5.41, 5.74) is 3.27. The average molecular weight is 352 g/mol. The molecule has 0 aliphatic heterocycles. The Hall–Kier alpha value is -2.44. The zero-order chi connectivity index (χ0) is 16.4. The topological polar surface area (TPSA) is 45.4 Å². The lowest BCUT2D eigenvalue weighted by Crippen LogP contribution is -2.12. The van der Waals surface area contributed by atoms with Crippen LogP contribution in [0.15, 0.2) is 63.4 Å². The van der Waals surface area contributed by atoms with Crippen molar-refractivity contribution < 1.29 is 0 Å². The van der Waals surface area contributed by atoms with Crippen LogP contribution in [0.4, 0.5) is 0 Å². The number of rotatable bonds is 4.